The minimum absolute atomic E-state index is 0.0277. The maximum Gasteiger partial charge on any atom is 0.202 e. The molecule has 0 aromatic heterocycles. The topological polar surface area (TPSA) is 192 Å². The Morgan fingerprint density at radius 2 is 1.88 bits per heavy atom. The number of hydrogen-bond acceptors (Lipinski definition) is 12. The number of ether oxygens (including phenoxy) is 3. The van der Waals surface area contributed by atoms with Crippen molar-refractivity contribution >= 4 is 25.3 Å². The molecule has 6 N–H and O–H groups in total. The summed E-state index contributed by atoms with van der Waals surface area (Å²) >= 11 is 0. The van der Waals surface area contributed by atoms with E-state index in [1.54, 1.807) is 6.92 Å². The Hall–Kier alpha value is -3.33. The van der Waals surface area contributed by atoms with Gasteiger partial charge in [0.1, 0.15) is 29.5 Å². The van der Waals surface area contributed by atoms with Gasteiger partial charge in [0.15, 0.2) is 25.8 Å². The van der Waals surface area contributed by atoms with Crippen LogP contribution in [-0.2, 0) is 20.7 Å². The summed E-state index contributed by atoms with van der Waals surface area (Å²) < 4.78 is 17.1. The van der Waals surface area contributed by atoms with E-state index in [9.17, 15) is 39.9 Å². The van der Waals surface area contributed by atoms with Crippen molar-refractivity contribution in [1.29, 1.82) is 0 Å². The van der Waals surface area contributed by atoms with Crippen LogP contribution in [0.5, 0.6) is 17.2 Å². The molecule has 0 unspecified atom stereocenters. The third-order valence-electron chi connectivity index (χ3n) is 7.97. The van der Waals surface area contributed by atoms with Crippen LogP contribution in [0.3, 0.4) is 0 Å². The molecule has 2 aliphatic carbocycles. The normalized spacial score (nSPS) is 29.4. The summed E-state index contributed by atoms with van der Waals surface area (Å²) in [6.07, 6.45) is -5.17. The number of phenolic OH excluding ortho intramolecular Hbond substituents is 2. The predicted octanol–water partition coefficient (Wildman–Crippen LogP) is -0.284. The van der Waals surface area contributed by atoms with Crippen molar-refractivity contribution in [2.75, 3.05) is 13.7 Å². The molecule has 0 saturated carbocycles. The second-order valence-corrected chi connectivity index (χ2v) is 10.3. The molecule has 3 aliphatic rings. The Labute approximate surface area is 229 Å². The maximum absolute atomic E-state index is 13.7. The van der Waals surface area contributed by atoms with Gasteiger partial charge in [-0.1, -0.05) is 12.1 Å². The second-order valence-electron chi connectivity index (χ2n) is 10.3. The number of carbonyl (C=O) groups is 3. The number of ketones is 3. The maximum atomic E-state index is 13.7. The molecule has 12 nitrogen and oxygen atoms in total. The number of aromatic hydroxyl groups is 2. The number of Topliss-reactive ketones (excluding diaryl/α,β-unsaturated/α-hetero) is 1. The van der Waals surface area contributed by atoms with Gasteiger partial charge in [-0.05, 0) is 13.0 Å². The molecule has 210 valence electrons. The van der Waals surface area contributed by atoms with Crippen molar-refractivity contribution in [3.8, 4) is 17.2 Å². The van der Waals surface area contributed by atoms with E-state index in [2.05, 4.69) is 5.23 Å². The van der Waals surface area contributed by atoms with E-state index >= 15 is 0 Å². The third kappa shape index (κ3) is 4.21. The second kappa shape index (κ2) is 10.3. The first-order valence-corrected chi connectivity index (χ1v) is 12.7. The van der Waals surface area contributed by atoms with E-state index in [-0.39, 0.29) is 34.4 Å². The van der Waals surface area contributed by atoms with Crippen LogP contribution in [0.4, 0.5) is 0 Å². The minimum Gasteiger partial charge on any atom is -0.507 e. The van der Waals surface area contributed by atoms with Gasteiger partial charge in [-0.2, -0.15) is 0 Å². The quantitative estimate of drug-likeness (QED) is 0.173. The first kappa shape index (κ1) is 28.2. The Morgan fingerprint density at radius 1 is 1.18 bits per heavy atom. The summed E-state index contributed by atoms with van der Waals surface area (Å²) in [6, 6.07) is 3.71. The molecule has 1 aliphatic heterocycles. The molecule has 2 aromatic carbocycles. The lowest BCUT2D eigenvalue weighted by atomic mass is 9.72. The van der Waals surface area contributed by atoms with Crippen LogP contribution in [0.25, 0.3) is 0 Å². The lowest BCUT2D eigenvalue weighted by molar-refractivity contribution is -0.248. The Morgan fingerprint density at radius 3 is 2.52 bits per heavy atom. The number of fused-ring (bicyclic) bond motifs is 3. The fourth-order valence-corrected chi connectivity index (χ4v) is 5.88. The van der Waals surface area contributed by atoms with Gasteiger partial charge >= 0.3 is 0 Å². The van der Waals surface area contributed by atoms with Gasteiger partial charge in [0.2, 0.25) is 5.78 Å². The van der Waals surface area contributed by atoms with Gasteiger partial charge in [0.05, 0.1) is 42.1 Å². The van der Waals surface area contributed by atoms with Gasteiger partial charge in [0.25, 0.3) is 0 Å². The Kier molecular flexibility index (Phi) is 7.23. The summed E-state index contributed by atoms with van der Waals surface area (Å²) in [6.45, 7) is 0.558. The molecule has 5 rings (SSSR count). The lowest BCUT2D eigenvalue weighted by Gasteiger charge is -2.42. The molecule has 1 heterocycles. The number of methoxy groups -OCH3 is 1. The van der Waals surface area contributed by atoms with E-state index in [0.717, 1.165) is 0 Å². The predicted molar refractivity (Wildman–Crippen MR) is 136 cm³/mol. The summed E-state index contributed by atoms with van der Waals surface area (Å²) in [7, 11) is 6.87. The fourth-order valence-electron chi connectivity index (χ4n) is 5.88. The van der Waals surface area contributed by atoms with Crippen LogP contribution >= 0.6 is 0 Å². The molecule has 2 aromatic rings. The van der Waals surface area contributed by atoms with Gasteiger partial charge in [-0.25, -0.2) is 0 Å². The number of benzene rings is 2. The van der Waals surface area contributed by atoms with Crippen LogP contribution in [0.1, 0.15) is 68.8 Å². The number of hydrogen-bond donors (Lipinski definition) is 6. The molecular formula is C27H28BNO11. The number of rotatable bonds is 6. The van der Waals surface area contributed by atoms with Crippen LogP contribution in [0.15, 0.2) is 18.2 Å². The zero-order valence-corrected chi connectivity index (χ0v) is 21.7. The van der Waals surface area contributed by atoms with E-state index in [1.165, 1.54) is 25.3 Å². The number of aliphatic hydroxyl groups is 3. The van der Waals surface area contributed by atoms with E-state index in [1.807, 2.05) is 0 Å². The molecular weight excluding hydrogens is 525 g/mol. The molecule has 1 fully saturated rings. The van der Waals surface area contributed by atoms with Crippen LogP contribution < -0.4 is 9.96 Å². The summed E-state index contributed by atoms with van der Waals surface area (Å²) in [5.41, 5.74) is -3.67. The number of carbonyl (C=O) groups excluding carboxylic acids is 3. The van der Waals surface area contributed by atoms with Crippen LogP contribution in [0.2, 0.25) is 0 Å². The standard InChI is InChI=1S/C27H28BNO11/c1-10-22(32)13(29-28)6-17(39-10)40-15-8-27(37,16(31)9-30)7-12-19(15)26(36)21-20(24(12)34)23(33)11-4-3-5-14(38-2)18(11)25(21)35/h3-5,10,13,15,17,22,29-30,32,34,36-37H,6-9H2,1-2H3/t10-,13-,15-,17-,22+,27-/m0/s1. The smallest absolute Gasteiger partial charge is 0.202 e. The average molecular weight is 553 g/mol. The molecule has 0 amide bonds. The number of phenols is 2. The highest BCUT2D eigenvalue weighted by molar-refractivity contribution is 6.31. The molecule has 1 saturated heterocycles. The summed E-state index contributed by atoms with van der Waals surface area (Å²) in [5, 5.41) is 56.5. The largest absolute Gasteiger partial charge is 0.507 e. The Balaban J connectivity index is 1.68. The highest BCUT2D eigenvalue weighted by Crippen LogP contribution is 2.52. The highest BCUT2D eigenvalue weighted by atomic mass is 16.7. The van der Waals surface area contributed by atoms with Gasteiger partial charge in [-0.15, -0.1) is 0 Å². The lowest BCUT2D eigenvalue weighted by Crippen LogP contribution is -2.54. The zero-order valence-electron chi connectivity index (χ0n) is 21.7. The van der Waals surface area contributed by atoms with E-state index in [4.69, 9.17) is 22.2 Å². The third-order valence-corrected chi connectivity index (χ3v) is 7.97. The fraction of sp³-hybridized carbons (Fsp3) is 0.444. The van der Waals surface area contributed by atoms with Crippen molar-refractivity contribution in [1.82, 2.24) is 5.23 Å². The van der Waals surface area contributed by atoms with Crippen molar-refractivity contribution < 1.29 is 54.1 Å². The van der Waals surface area contributed by atoms with Gasteiger partial charge in [0, 0.05) is 42.0 Å². The molecule has 6 atom stereocenters. The van der Waals surface area contributed by atoms with E-state index < -0.39 is 95.7 Å². The van der Waals surface area contributed by atoms with Crippen LogP contribution in [0, 0.1) is 0 Å². The average Bonchev–Trinajstić information content (AvgIpc) is 2.94. The molecule has 40 heavy (non-hydrogen) atoms. The van der Waals surface area contributed by atoms with Gasteiger partial charge in [-0.3, -0.25) is 14.4 Å². The monoisotopic (exact) mass is 553 g/mol. The first-order chi connectivity index (χ1) is 19.0. The summed E-state index contributed by atoms with van der Waals surface area (Å²) in [4.78, 5) is 39.8. The zero-order chi connectivity index (χ0) is 29.1. The number of nitrogens with one attached hydrogen (secondary N) is 1. The van der Waals surface area contributed by atoms with Gasteiger partial charge < -0.3 is 45.0 Å². The molecule has 0 bridgehead atoms. The minimum atomic E-state index is -2.25. The molecule has 13 heteroatoms. The first-order valence-electron chi connectivity index (χ1n) is 12.7. The number of aliphatic hydroxyl groups excluding tert-OH is 2. The highest BCUT2D eigenvalue weighted by Gasteiger charge is 2.50. The molecule has 0 spiro atoms. The van der Waals surface area contributed by atoms with Crippen molar-refractivity contribution in [3.63, 3.8) is 0 Å². The SMILES string of the molecule is [B]N[C@H]1C[C@H](O[C@H]2C[C@](O)(C(=O)CO)Cc3c(O)c4c(c(O)c32)C(=O)c2c(OC)cccc2C4=O)O[C@@H](C)[C@H]1O. The molecule has 2 radical (unpaired) electrons. The van der Waals surface area contributed by atoms with Crippen LogP contribution in [-0.4, -0.2) is 94.7 Å². The van der Waals surface area contributed by atoms with E-state index in [0.29, 0.717) is 0 Å². The van der Waals surface area contributed by atoms with Crippen molar-refractivity contribution in [2.24, 2.45) is 0 Å². The van der Waals surface area contributed by atoms with Crippen molar-refractivity contribution in [3.05, 3.63) is 51.6 Å². The van der Waals surface area contributed by atoms with Crippen molar-refractivity contribution in [2.45, 2.75) is 62.4 Å². The summed E-state index contributed by atoms with van der Waals surface area (Å²) in [5.74, 6) is -3.80. The Bertz CT molecular complexity index is 1410.